The standard InChI is InChI=1S/C14H20FN3O2/c1-8-10(15)5-9(13(16)20)6-11(8)18-12(19)7-17-14(2,3)4/h5-6,17H,7H2,1-4H3,(H2,16,20)(H,18,19). The number of rotatable bonds is 4. The minimum Gasteiger partial charge on any atom is -0.366 e. The Morgan fingerprint density at radius 3 is 2.40 bits per heavy atom. The molecule has 1 aromatic carbocycles. The van der Waals surface area contributed by atoms with Gasteiger partial charge in [-0.1, -0.05) is 0 Å². The fraction of sp³-hybridized carbons (Fsp3) is 0.429. The number of benzene rings is 1. The predicted molar refractivity (Wildman–Crippen MR) is 76.0 cm³/mol. The molecule has 0 atom stereocenters. The number of amides is 2. The monoisotopic (exact) mass is 281 g/mol. The van der Waals surface area contributed by atoms with Gasteiger partial charge in [-0.25, -0.2) is 4.39 Å². The van der Waals surface area contributed by atoms with Gasteiger partial charge in [-0.05, 0) is 39.8 Å². The molecule has 2 amide bonds. The van der Waals surface area contributed by atoms with Crippen molar-refractivity contribution in [3.05, 3.63) is 29.1 Å². The van der Waals surface area contributed by atoms with Crippen molar-refractivity contribution >= 4 is 17.5 Å². The van der Waals surface area contributed by atoms with Gasteiger partial charge in [0.1, 0.15) is 5.82 Å². The van der Waals surface area contributed by atoms with Crippen LogP contribution in [0.3, 0.4) is 0 Å². The van der Waals surface area contributed by atoms with Crippen molar-refractivity contribution in [3.8, 4) is 0 Å². The molecule has 110 valence electrons. The van der Waals surface area contributed by atoms with Crippen LogP contribution in [0.15, 0.2) is 12.1 Å². The number of halogens is 1. The molecule has 0 fully saturated rings. The highest BCUT2D eigenvalue weighted by Crippen LogP contribution is 2.20. The summed E-state index contributed by atoms with van der Waals surface area (Å²) in [5.74, 6) is -1.64. The van der Waals surface area contributed by atoms with Crippen molar-refractivity contribution in [2.24, 2.45) is 5.73 Å². The zero-order valence-electron chi connectivity index (χ0n) is 12.1. The minimum atomic E-state index is -0.743. The van der Waals surface area contributed by atoms with E-state index in [1.54, 1.807) is 0 Å². The highest BCUT2D eigenvalue weighted by atomic mass is 19.1. The van der Waals surface area contributed by atoms with Gasteiger partial charge >= 0.3 is 0 Å². The topological polar surface area (TPSA) is 84.2 Å². The van der Waals surface area contributed by atoms with E-state index in [0.29, 0.717) is 0 Å². The Morgan fingerprint density at radius 1 is 1.30 bits per heavy atom. The van der Waals surface area contributed by atoms with Crippen molar-refractivity contribution in [2.45, 2.75) is 33.2 Å². The van der Waals surface area contributed by atoms with Crippen molar-refractivity contribution in [2.75, 3.05) is 11.9 Å². The van der Waals surface area contributed by atoms with Crippen LogP contribution in [0.4, 0.5) is 10.1 Å². The van der Waals surface area contributed by atoms with E-state index in [2.05, 4.69) is 10.6 Å². The summed E-state index contributed by atoms with van der Waals surface area (Å²) in [7, 11) is 0. The molecule has 0 radical (unpaired) electrons. The van der Waals surface area contributed by atoms with Gasteiger partial charge in [0.25, 0.3) is 0 Å². The molecule has 0 aliphatic rings. The normalized spacial score (nSPS) is 11.2. The van der Waals surface area contributed by atoms with E-state index in [0.717, 1.165) is 6.07 Å². The summed E-state index contributed by atoms with van der Waals surface area (Å²) >= 11 is 0. The molecule has 0 aliphatic carbocycles. The molecule has 0 bridgehead atoms. The molecule has 20 heavy (non-hydrogen) atoms. The van der Waals surface area contributed by atoms with Crippen molar-refractivity contribution in [1.29, 1.82) is 0 Å². The SMILES string of the molecule is Cc1c(F)cc(C(N)=O)cc1NC(=O)CNC(C)(C)C. The highest BCUT2D eigenvalue weighted by Gasteiger charge is 2.14. The van der Waals surface area contributed by atoms with E-state index >= 15 is 0 Å². The van der Waals surface area contributed by atoms with E-state index in [4.69, 9.17) is 5.73 Å². The molecular weight excluding hydrogens is 261 g/mol. The number of hydrogen-bond donors (Lipinski definition) is 3. The van der Waals surface area contributed by atoms with Gasteiger partial charge in [-0.15, -0.1) is 0 Å². The van der Waals surface area contributed by atoms with Crippen LogP contribution in [0.5, 0.6) is 0 Å². The number of hydrogen-bond acceptors (Lipinski definition) is 3. The first-order chi connectivity index (χ1) is 9.10. The summed E-state index contributed by atoms with van der Waals surface area (Å²) < 4.78 is 13.7. The zero-order chi connectivity index (χ0) is 15.5. The van der Waals surface area contributed by atoms with E-state index < -0.39 is 11.7 Å². The number of nitrogens with one attached hydrogen (secondary N) is 2. The molecule has 0 aliphatic heterocycles. The third kappa shape index (κ3) is 4.62. The van der Waals surface area contributed by atoms with Crippen LogP contribution in [0.2, 0.25) is 0 Å². The van der Waals surface area contributed by atoms with Crippen LogP contribution in [-0.4, -0.2) is 23.9 Å². The van der Waals surface area contributed by atoms with Crippen LogP contribution < -0.4 is 16.4 Å². The molecule has 1 aromatic rings. The molecule has 5 nitrogen and oxygen atoms in total. The largest absolute Gasteiger partial charge is 0.366 e. The average molecular weight is 281 g/mol. The average Bonchev–Trinajstić information content (AvgIpc) is 2.31. The number of nitrogens with two attached hydrogens (primary N) is 1. The number of carbonyl (C=O) groups is 2. The molecule has 0 saturated carbocycles. The summed E-state index contributed by atoms with van der Waals surface area (Å²) in [5.41, 5.74) is 5.45. The fourth-order valence-corrected chi connectivity index (χ4v) is 1.49. The number of primary amides is 1. The minimum absolute atomic E-state index is 0.0205. The Balaban J connectivity index is 2.86. The maximum Gasteiger partial charge on any atom is 0.248 e. The summed E-state index contributed by atoms with van der Waals surface area (Å²) in [6.45, 7) is 7.40. The second-order valence-electron chi connectivity index (χ2n) is 5.65. The van der Waals surface area contributed by atoms with Crippen molar-refractivity contribution < 1.29 is 14.0 Å². The molecule has 0 heterocycles. The summed E-state index contributed by atoms with van der Waals surface area (Å²) in [6, 6.07) is 2.43. The molecule has 0 unspecified atom stereocenters. The van der Waals surface area contributed by atoms with Gasteiger partial charge < -0.3 is 16.4 Å². The predicted octanol–water partition coefficient (Wildman–Crippen LogP) is 1.56. The Bertz CT molecular complexity index is 536. The van der Waals surface area contributed by atoms with Crippen molar-refractivity contribution in [1.82, 2.24) is 5.32 Å². The lowest BCUT2D eigenvalue weighted by Gasteiger charge is -2.20. The van der Waals surface area contributed by atoms with Gasteiger partial charge in [-0.3, -0.25) is 9.59 Å². The lowest BCUT2D eigenvalue weighted by atomic mass is 10.1. The van der Waals surface area contributed by atoms with E-state index in [-0.39, 0.29) is 34.8 Å². The zero-order valence-corrected chi connectivity index (χ0v) is 12.1. The Kier molecular flexibility index (Phi) is 4.83. The first-order valence-corrected chi connectivity index (χ1v) is 6.25. The molecule has 6 heteroatoms. The third-order valence-electron chi connectivity index (χ3n) is 2.68. The van der Waals surface area contributed by atoms with Crippen LogP contribution in [0.25, 0.3) is 0 Å². The van der Waals surface area contributed by atoms with E-state index in [9.17, 15) is 14.0 Å². The van der Waals surface area contributed by atoms with Crippen LogP contribution in [0.1, 0.15) is 36.7 Å². The van der Waals surface area contributed by atoms with Crippen molar-refractivity contribution in [3.63, 3.8) is 0 Å². The molecule has 0 spiro atoms. The first kappa shape index (κ1) is 16.1. The van der Waals surface area contributed by atoms with Gasteiger partial charge in [0.15, 0.2) is 0 Å². The van der Waals surface area contributed by atoms with E-state index in [1.165, 1.54) is 13.0 Å². The summed E-state index contributed by atoms with van der Waals surface area (Å²) in [4.78, 5) is 22.9. The number of carbonyl (C=O) groups excluding carboxylic acids is 2. The maximum atomic E-state index is 13.7. The Morgan fingerprint density at radius 2 is 1.90 bits per heavy atom. The molecule has 0 aromatic heterocycles. The van der Waals surface area contributed by atoms with Gasteiger partial charge in [0.2, 0.25) is 11.8 Å². The highest BCUT2D eigenvalue weighted by molar-refractivity contribution is 5.97. The van der Waals surface area contributed by atoms with Gasteiger partial charge in [0.05, 0.1) is 6.54 Å². The first-order valence-electron chi connectivity index (χ1n) is 6.25. The lowest BCUT2D eigenvalue weighted by molar-refractivity contribution is -0.115. The number of anilines is 1. The third-order valence-corrected chi connectivity index (χ3v) is 2.68. The quantitative estimate of drug-likeness (QED) is 0.783. The van der Waals surface area contributed by atoms with Crippen LogP contribution in [-0.2, 0) is 4.79 Å². The lowest BCUT2D eigenvalue weighted by Crippen LogP contribution is -2.41. The Labute approximate surface area is 117 Å². The maximum absolute atomic E-state index is 13.7. The fourth-order valence-electron chi connectivity index (χ4n) is 1.49. The van der Waals surface area contributed by atoms with Crippen LogP contribution in [0, 0.1) is 12.7 Å². The summed E-state index contributed by atoms with van der Waals surface area (Å²) in [6.07, 6.45) is 0. The van der Waals surface area contributed by atoms with E-state index in [1.807, 2.05) is 20.8 Å². The second kappa shape index (κ2) is 6.00. The summed E-state index contributed by atoms with van der Waals surface area (Å²) in [5, 5.41) is 5.59. The molecule has 0 saturated heterocycles. The molecule has 1 rings (SSSR count). The Hall–Kier alpha value is -1.95. The second-order valence-corrected chi connectivity index (χ2v) is 5.65. The smallest absolute Gasteiger partial charge is 0.248 e. The van der Waals surface area contributed by atoms with Gasteiger partial charge in [-0.2, -0.15) is 0 Å². The molecule has 4 N–H and O–H groups in total. The van der Waals surface area contributed by atoms with Crippen LogP contribution >= 0.6 is 0 Å². The van der Waals surface area contributed by atoms with Gasteiger partial charge in [0, 0.05) is 22.4 Å². The molecular formula is C14H20FN3O2.